The molecule has 1 atom stereocenters. The minimum Gasteiger partial charge on any atom is -0.436 e. The van der Waals surface area contributed by atoms with Crippen LogP contribution in [0, 0.1) is 5.92 Å². The Morgan fingerprint density at radius 2 is 1.63 bits per heavy atom. The van der Waals surface area contributed by atoms with Crippen LogP contribution in [0.1, 0.15) is 57.1 Å². The van der Waals surface area contributed by atoms with Gasteiger partial charge in [0.15, 0.2) is 6.10 Å². The molecule has 2 fully saturated rings. The molecule has 3 aliphatic heterocycles. The molecule has 0 radical (unpaired) electrons. The maximum atomic E-state index is 13.9. The zero-order chi connectivity index (χ0) is 32.6. The number of para-hydroxylation sites is 1. The average molecular weight is 762 g/mol. The van der Waals surface area contributed by atoms with Gasteiger partial charge in [-0.1, -0.05) is 38.1 Å². The van der Waals surface area contributed by atoms with Gasteiger partial charge in [0, 0.05) is 59.8 Å². The monoisotopic (exact) mass is 759 g/mol. The summed E-state index contributed by atoms with van der Waals surface area (Å²) in [5.74, 6) is 0.486. The molecule has 46 heavy (non-hydrogen) atoms. The molecule has 3 heterocycles. The Bertz CT molecular complexity index is 1360. The minimum absolute atomic E-state index is 0.0407. The number of benzene rings is 2. The fourth-order valence-electron chi connectivity index (χ4n) is 6.91. The number of likely N-dealkylation sites (tertiary alicyclic amines) is 2. The van der Waals surface area contributed by atoms with Crippen LogP contribution >= 0.6 is 31.9 Å². The van der Waals surface area contributed by atoms with Crippen LogP contribution in [0.25, 0.3) is 0 Å². The number of anilines is 1. The van der Waals surface area contributed by atoms with Gasteiger partial charge in [0.1, 0.15) is 0 Å². The molecule has 0 aliphatic carbocycles. The Hall–Kier alpha value is -2.63. The molecule has 1 N–H and O–H groups in total. The molecule has 0 aromatic heterocycles. The molecule has 9 nitrogen and oxygen atoms in total. The van der Waals surface area contributed by atoms with Gasteiger partial charge in [-0.05, 0) is 125 Å². The second-order valence-corrected chi connectivity index (χ2v) is 14.4. The van der Waals surface area contributed by atoms with Crippen molar-refractivity contribution in [3.05, 3.63) is 62.5 Å². The second-order valence-electron chi connectivity index (χ2n) is 12.7. The highest BCUT2D eigenvalue weighted by Crippen LogP contribution is 2.28. The number of halogens is 2. The first-order valence-corrected chi connectivity index (χ1v) is 18.4. The zero-order valence-corrected chi connectivity index (χ0v) is 30.2. The molecule has 0 unspecified atom stereocenters. The lowest BCUT2D eigenvalue weighted by molar-refractivity contribution is -0.142. The van der Waals surface area contributed by atoms with Crippen LogP contribution in [0.3, 0.4) is 0 Å². The molecule has 3 aliphatic rings. The Labute approximate surface area is 290 Å². The van der Waals surface area contributed by atoms with Crippen molar-refractivity contribution in [3.63, 3.8) is 0 Å². The smallest absolute Gasteiger partial charge is 0.410 e. The predicted octanol–water partition coefficient (Wildman–Crippen LogP) is 6.78. The predicted molar refractivity (Wildman–Crippen MR) is 188 cm³/mol. The largest absolute Gasteiger partial charge is 0.436 e. The van der Waals surface area contributed by atoms with Crippen molar-refractivity contribution in [1.82, 2.24) is 19.6 Å². The SMILES string of the molecule is CCN(CC)CCC1CCN(C(=O)[C@@H](Cc2ccc(Br)c(Br)c2)OC(=O)N2CCC(N3CCc4ccccc4NC3=O)CC2)CC1. The molecule has 11 heteroatoms. The van der Waals surface area contributed by atoms with Crippen LogP contribution in [0.5, 0.6) is 0 Å². The molecule has 0 bridgehead atoms. The number of carbonyl (C=O) groups is 3. The molecule has 250 valence electrons. The van der Waals surface area contributed by atoms with Gasteiger partial charge in [-0.2, -0.15) is 0 Å². The molecule has 0 spiro atoms. The Morgan fingerprint density at radius 3 is 2.33 bits per heavy atom. The normalized spacial score (nSPS) is 18.6. The highest BCUT2D eigenvalue weighted by molar-refractivity contribution is 9.13. The minimum atomic E-state index is -0.902. The number of piperidine rings is 2. The van der Waals surface area contributed by atoms with Gasteiger partial charge in [-0.15, -0.1) is 0 Å². The first kappa shape index (κ1) is 34.7. The summed E-state index contributed by atoms with van der Waals surface area (Å²) < 4.78 is 7.86. The third kappa shape index (κ3) is 8.83. The van der Waals surface area contributed by atoms with Crippen LogP contribution in [0.4, 0.5) is 15.3 Å². The van der Waals surface area contributed by atoms with Crippen LogP contribution < -0.4 is 5.32 Å². The highest BCUT2D eigenvalue weighted by Gasteiger charge is 2.35. The third-order valence-corrected chi connectivity index (χ3v) is 11.8. The van der Waals surface area contributed by atoms with Crippen LogP contribution in [-0.2, 0) is 22.4 Å². The molecule has 5 rings (SSSR count). The lowest BCUT2D eigenvalue weighted by Crippen LogP contribution is -2.51. The van der Waals surface area contributed by atoms with Crippen LogP contribution in [0.15, 0.2) is 51.4 Å². The van der Waals surface area contributed by atoms with E-state index in [4.69, 9.17) is 4.74 Å². The fourth-order valence-corrected chi connectivity index (χ4v) is 7.58. The van der Waals surface area contributed by atoms with Gasteiger partial charge in [-0.25, -0.2) is 9.59 Å². The number of nitrogens with one attached hydrogen (secondary N) is 1. The van der Waals surface area contributed by atoms with Gasteiger partial charge in [0.25, 0.3) is 5.91 Å². The summed E-state index contributed by atoms with van der Waals surface area (Å²) in [5, 5.41) is 3.06. The quantitative estimate of drug-likeness (QED) is 0.289. The summed E-state index contributed by atoms with van der Waals surface area (Å²) in [7, 11) is 0. The molecule has 2 saturated heterocycles. The van der Waals surface area contributed by atoms with Gasteiger partial charge in [-0.3, -0.25) is 4.79 Å². The van der Waals surface area contributed by atoms with E-state index in [1.807, 2.05) is 46.2 Å². The number of urea groups is 1. The number of rotatable bonds is 10. The Balaban J connectivity index is 1.18. The number of carbonyl (C=O) groups excluding carboxylic acids is 3. The average Bonchev–Trinajstić information content (AvgIpc) is 3.24. The molecule has 4 amide bonds. The van der Waals surface area contributed by atoms with Gasteiger partial charge in [0.05, 0.1) is 0 Å². The maximum absolute atomic E-state index is 13.9. The molecular formula is C35H47Br2N5O4. The number of fused-ring (bicyclic) bond motifs is 1. The second kappa shape index (κ2) is 16.5. The lowest BCUT2D eigenvalue weighted by Gasteiger charge is -2.38. The summed E-state index contributed by atoms with van der Waals surface area (Å²) in [5.41, 5.74) is 2.92. The summed E-state index contributed by atoms with van der Waals surface area (Å²) >= 11 is 7.09. The van der Waals surface area contributed by atoms with E-state index in [0.29, 0.717) is 57.9 Å². The maximum Gasteiger partial charge on any atom is 0.410 e. The number of amides is 4. The van der Waals surface area contributed by atoms with E-state index in [1.54, 1.807) is 4.90 Å². The van der Waals surface area contributed by atoms with E-state index in [2.05, 4.69) is 62.0 Å². The summed E-state index contributed by atoms with van der Waals surface area (Å²) in [4.78, 5) is 48.4. The van der Waals surface area contributed by atoms with Crippen molar-refractivity contribution < 1.29 is 19.1 Å². The van der Waals surface area contributed by atoms with E-state index < -0.39 is 12.2 Å². The van der Waals surface area contributed by atoms with E-state index in [1.165, 1.54) is 0 Å². The first-order valence-electron chi connectivity index (χ1n) is 16.8. The number of hydrogen-bond acceptors (Lipinski definition) is 5. The van der Waals surface area contributed by atoms with E-state index in [0.717, 1.165) is 71.1 Å². The molecule has 0 saturated carbocycles. The van der Waals surface area contributed by atoms with Crippen molar-refractivity contribution in [2.45, 2.75) is 70.9 Å². The highest BCUT2D eigenvalue weighted by atomic mass is 79.9. The Morgan fingerprint density at radius 1 is 0.935 bits per heavy atom. The third-order valence-electron chi connectivity index (χ3n) is 9.90. The topological polar surface area (TPSA) is 85.4 Å². The van der Waals surface area contributed by atoms with Crippen LogP contribution in [-0.4, -0.2) is 102 Å². The Kier molecular flexibility index (Phi) is 12.4. The van der Waals surface area contributed by atoms with Crippen LogP contribution in [0.2, 0.25) is 0 Å². The van der Waals surface area contributed by atoms with Gasteiger partial charge < -0.3 is 29.7 Å². The summed E-state index contributed by atoms with van der Waals surface area (Å²) in [6.07, 6.45) is 4.16. The van der Waals surface area contributed by atoms with E-state index in [-0.39, 0.29) is 18.0 Å². The first-order chi connectivity index (χ1) is 22.2. The lowest BCUT2D eigenvalue weighted by atomic mass is 9.92. The fraction of sp³-hybridized carbons (Fsp3) is 0.571. The number of hydrogen-bond donors (Lipinski definition) is 1. The van der Waals surface area contributed by atoms with Crippen molar-refractivity contribution in [2.24, 2.45) is 5.92 Å². The van der Waals surface area contributed by atoms with Crippen molar-refractivity contribution in [2.75, 3.05) is 57.7 Å². The number of ether oxygens (including phenoxy) is 1. The van der Waals surface area contributed by atoms with Gasteiger partial charge >= 0.3 is 12.1 Å². The van der Waals surface area contributed by atoms with Crippen molar-refractivity contribution in [3.8, 4) is 0 Å². The zero-order valence-electron chi connectivity index (χ0n) is 27.1. The van der Waals surface area contributed by atoms with E-state index in [9.17, 15) is 14.4 Å². The number of nitrogens with zero attached hydrogens (tertiary/aromatic N) is 4. The summed E-state index contributed by atoms with van der Waals surface area (Å²) in [6.45, 7) is 10.6. The van der Waals surface area contributed by atoms with Crippen molar-refractivity contribution in [1.29, 1.82) is 0 Å². The van der Waals surface area contributed by atoms with Gasteiger partial charge in [0.2, 0.25) is 0 Å². The summed E-state index contributed by atoms with van der Waals surface area (Å²) in [6, 6.07) is 13.7. The molecule has 2 aromatic rings. The molecular weight excluding hydrogens is 714 g/mol. The van der Waals surface area contributed by atoms with E-state index >= 15 is 0 Å². The van der Waals surface area contributed by atoms with Crippen molar-refractivity contribution >= 4 is 55.6 Å². The standard InChI is InChI=1S/C35H47Br2N5O4/c1-3-39(4-2)17-11-25-12-18-40(19-13-25)33(43)32(24-26-9-10-29(36)30(37)23-26)46-35(45)41-20-15-28(16-21-41)42-22-14-27-7-5-6-8-31(27)38-34(42)44/h5-10,23,25,28,32H,3-4,11-22,24H2,1-2H3,(H,38,44)/t32-/m1/s1. The molecule has 2 aromatic carbocycles.